The first kappa shape index (κ1) is 17.9. The van der Waals surface area contributed by atoms with Crippen molar-refractivity contribution < 1.29 is 14.0 Å². The van der Waals surface area contributed by atoms with Crippen molar-refractivity contribution >= 4 is 23.2 Å². The molecule has 6 heteroatoms. The fourth-order valence-electron chi connectivity index (χ4n) is 2.65. The van der Waals surface area contributed by atoms with E-state index in [-0.39, 0.29) is 11.8 Å². The van der Waals surface area contributed by atoms with Gasteiger partial charge in [-0.15, -0.1) is 11.3 Å². The predicted octanol–water partition coefficient (Wildman–Crippen LogP) is 3.85. The number of furan rings is 1. The van der Waals surface area contributed by atoms with Crippen LogP contribution in [0.2, 0.25) is 0 Å². The summed E-state index contributed by atoms with van der Waals surface area (Å²) in [7, 11) is 1.60. The van der Waals surface area contributed by atoms with E-state index in [0.29, 0.717) is 18.7 Å². The summed E-state index contributed by atoms with van der Waals surface area (Å²) in [5, 5.41) is 4.52. The molecular weight excluding hydrogens is 348 g/mol. The second kappa shape index (κ2) is 8.01. The largest absolute Gasteiger partial charge is 0.467 e. The minimum absolute atomic E-state index is 0.0238. The molecule has 2 heterocycles. The average molecular weight is 368 g/mol. The highest BCUT2D eigenvalue weighted by Gasteiger charge is 2.20. The number of aryl methyl sites for hydroxylation is 1. The third kappa shape index (κ3) is 4.03. The normalized spacial score (nSPS) is 10.5. The number of rotatable bonds is 6. The van der Waals surface area contributed by atoms with Crippen LogP contribution >= 0.6 is 11.3 Å². The van der Waals surface area contributed by atoms with Gasteiger partial charge < -0.3 is 14.6 Å². The lowest BCUT2D eigenvalue weighted by molar-refractivity contribution is 0.0721. The third-order valence-electron chi connectivity index (χ3n) is 4.09. The number of amides is 2. The van der Waals surface area contributed by atoms with Crippen LogP contribution in [0.15, 0.2) is 58.5 Å². The van der Waals surface area contributed by atoms with Crippen LogP contribution in [0.5, 0.6) is 0 Å². The molecule has 2 amide bonds. The Morgan fingerprint density at radius 3 is 2.46 bits per heavy atom. The predicted molar refractivity (Wildman–Crippen MR) is 101 cm³/mol. The lowest BCUT2D eigenvalue weighted by atomic mass is 10.1. The van der Waals surface area contributed by atoms with Crippen LogP contribution in [-0.2, 0) is 13.1 Å². The van der Waals surface area contributed by atoms with Crippen molar-refractivity contribution in [2.45, 2.75) is 20.0 Å². The first-order chi connectivity index (χ1) is 12.6. The van der Waals surface area contributed by atoms with Gasteiger partial charge in [-0.25, -0.2) is 0 Å². The molecular formula is C20H20N2O3S. The van der Waals surface area contributed by atoms with E-state index in [9.17, 15) is 9.59 Å². The van der Waals surface area contributed by atoms with Gasteiger partial charge in [-0.1, -0.05) is 12.1 Å². The molecule has 0 fully saturated rings. The Hall–Kier alpha value is -2.86. The Labute approximate surface area is 156 Å². The maximum absolute atomic E-state index is 13.0. The molecule has 3 aromatic rings. The lowest BCUT2D eigenvalue weighted by Crippen LogP contribution is -2.30. The zero-order valence-corrected chi connectivity index (χ0v) is 15.5. The maximum atomic E-state index is 13.0. The monoisotopic (exact) mass is 368 g/mol. The molecule has 0 aliphatic carbocycles. The SMILES string of the molecule is CNC(=O)c1ccc(CN(Cc2ccco2)C(=O)c2sccc2C)cc1. The molecule has 5 nitrogen and oxygen atoms in total. The number of carbonyl (C=O) groups is 2. The number of carbonyl (C=O) groups excluding carboxylic acids is 2. The van der Waals surface area contributed by atoms with E-state index in [1.165, 1.54) is 11.3 Å². The maximum Gasteiger partial charge on any atom is 0.264 e. The van der Waals surface area contributed by atoms with E-state index in [1.807, 2.05) is 42.6 Å². The summed E-state index contributed by atoms with van der Waals surface area (Å²) in [5.41, 5.74) is 2.51. The molecule has 0 unspecified atom stereocenters. The molecule has 0 saturated carbocycles. The van der Waals surface area contributed by atoms with Crippen LogP contribution < -0.4 is 5.32 Å². The minimum atomic E-state index is -0.130. The highest BCUT2D eigenvalue weighted by Crippen LogP contribution is 2.21. The Morgan fingerprint density at radius 2 is 1.88 bits per heavy atom. The molecule has 26 heavy (non-hydrogen) atoms. The van der Waals surface area contributed by atoms with E-state index >= 15 is 0 Å². The Morgan fingerprint density at radius 1 is 1.12 bits per heavy atom. The molecule has 0 spiro atoms. The van der Waals surface area contributed by atoms with Crippen LogP contribution in [0.1, 0.15) is 36.9 Å². The second-order valence-corrected chi connectivity index (χ2v) is 6.87. The van der Waals surface area contributed by atoms with E-state index in [2.05, 4.69) is 5.32 Å². The van der Waals surface area contributed by atoms with Gasteiger partial charge in [-0.2, -0.15) is 0 Å². The second-order valence-electron chi connectivity index (χ2n) is 5.95. The van der Waals surface area contributed by atoms with Gasteiger partial charge in [0.25, 0.3) is 11.8 Å². The summed E-state index contributed by atoms with van der Waals surface area (Å²) < 4.78 is 5.42. The van der Waals surface area contributed by atoms with Gasteiger partial charge in [0.1, 0.15) is 5.76 Å². The van der Waals surface area contributed by atoms with Crippen LogP contribution in [0.3, 0.4) is 0 Å². The van der Waals surface area contributed by atoms with Gasteiger partial charge in [0.2, 0.25) is 0 Å². The summed E-state index contributed by atoms with van der Waals surface area (Å²) in [5.74, 6) is 0.577. The number of hydrogen-bond acceptors (Lipinski definition) is 4. The molecule has 0 atom stereocenters. The first-order valence-corrected chi connectivity index (χ1v) is 9.13. The molecule has 1 N–H and O–H groups in total. The number of thiophene rings is 1. The van der Waals surface area contributed by atoms with Crippen molar-refractivity contribution in [3.63, 3.8) is 0 Å². The molecule has 134 valence electrons. The highest BCUT2D eigenvalue weighted by molar-refractivity contribution is 7.12. The van der Waals surface area contributed by atoms with Crippen molar-refractivity contribution in [2.75, 3.05) is 7.05 Å². The highest BCUT2D eigenvalue weighted by atomic mass is 32.1. The van der Waals surface area contributed by atoms with Gasteiger partial charge in [-0.3, -0.25) is 9.59 Å². The van der Waals surface area contributed by atoms with E-state index in [4.69, 9.17) is 4.42 Å². The third-order valence-corrected chi connectivity index (χ3v) is 5.09. The van der Waals surface area contributed by atoms with Crippen molar-refractivity contribution in [1.82, 2.24) is 10.2 Å². The number of nitrogens with zero attached hydrogens (tertiary/aromatic N) is 1. The van der Waals surface area contributed by atoms with Gasteiger partial charge >= 0.3 is 0 Å². The zero-order chi connectivity index (χ0) is 18.5. The number of benzene rings is 1. The van der Waals surface area contributed by atoms with E-state index in [0.717, 1.165) is 21.8 Å². The standard InChI is InChI=1S/C20H20N2O3S/c1-14-9-11-26-18(14)20(24)22(13-17-4-3-10-25-17)12-15-5-7-16(8-6-15)19(23)21-2/h3-11H,12-13H2,1-2H3,(H,21,23). The summed E-state index contributed by atoms with van der Waals surface area (Å²) in [6, 6.07) is 12.9. The van der Waals surface area contributed by atoms with Crippen molar-refractivity contribution in [1.29, 1.82) is 0 Å². The Kier molecular flexibility index (Phi) is 5.53. The van der Waals surface area contributed by atoms with Gasteiger partial charge in [0.15, 0.2) is 0 Å². The number of hydrogen-bond donors (Lipinski definition) is 1. The summed E-state index contributed by atoms with van der Waals surface area (Å²) >= 11 is 1.44. The van der Waals surface area contributed by atoms with E-state index in [1.54, 1.807) is 30.3 Å². The van der Waals surface area contributed by atoms with E-state index < -0.39 is 0 Å². The number of nitrogens with one attached hydrogen (secondary N) is 1. The zero-order valence-electron chi connectivity index (χ0n) is 14.7. The molecule has 0 bridgehead atoms. The fourth-order valence-corrected chi connectivity index (χ4v) is 3.54. The van der Waals surface area contributed by atoms with Gasteiger partial charge in [0.05, 0.1) is 17.7 Å². The van der Waals surface area contributed by atoms with Crippen molar-refractivity contribution in [3.05, 3.63) is 81.4 Å². The topological polar surface area (TPSA) is 62.6 Å². The quantitative estimate of drug-likeness (QED) is 0.719. The Balaban J connectivity index is 1.82. The summed E-state index contributed by atoms with van der Waals surface area (Å²) in [6.07, 6.45) is 1.60. The van der Waals surface area contributed by atoms with Crippen LogP contribution in [-0.4, -0.2) is 23.8 Å². The summed E-state index contributed by atoms with van der Waals surface area (Å²) in [6.45, 7) is 2.76. The van der Waals surface area contributed by atoms with Crippen LogP contribution in [0, 0.1) is 6.92 Å². The molecule has 0 aliphatic rings. The molecule has 0 radical (unpaired) electrons. The molecule has 3 rings (SSSR count). The molecule has 0 saturated heterocycles. The van der Waals surface area contributed by atoms with Crippen molar-refractivity contribution in [2.24, 2.45) is 0 Å². The van der Waals surface area contributed by atoms with Crippen LogP contribution in [0.25, 0.3) is 0 Å². The van der Waals surface area contributed by atoms with Gasteiger partial charge in [0, 0.05) is 19.2 Å². The summed E-state index contributed by atoms with van der Waals surface area (Å²) in [4.78, 5) is 27.2. The molecule has 2 aromatic heterocycles. The van der Waals surface area contributed by atoms with Crippen LogP contribution in [0.4, 0.5) is 0 Å². The molecule has 0 aliphatic heterocycles. The van der Waals surface area contributed by atoms with Gasteiger partial charge in [-0.05, 0) is 53.8 Å². The Bertz CT molecular complexity index is 882. The fraction of sp³-hybridized carbons (Fsp3) is 0.200. The lowest BCUT2D eigenvalue weighted by Gasteiger charge is -2.22. The van der Waals surface area contributed by atoms with Crippen molar-refractivity contribution in [3.8, 4) is 0 Å². The first-order valence-electron chi connectivity index (χ1n) is 8.25. The smallest absolute Gasteiger partial charge is 0.264 e. The average Bonchev–Trinajstić information content (AvgIpc) is 3.32. The molecule has 1 aromatic carbocycles. The minimum Gasteiger partial charge on any atom is -0.467 e.